The maximum Gasteiger partial charge on any atom is 0.410 e. The Morgan fingerprint density at radius 3 is 2.49 bits per heavy atom. The third-order valence-corrected chi connectivity index (χ3v) is 12.4. The minimum atomic E-state index is -0.606. The average molecular weight is 831 g/mol. The number of terminal acetylenes is 1. The smallest absolute Gasteiger partial charge is 0.410 e. The van der Waals surface area contributed by atoms with Gasteiger partial charge in [0.15, 0.2) is 12.0 Å². The van der Waals surface area contributed by atoms with Crippen LogP contribution in [0.15, 0.2) is 42.6 Å². The predicted octanol–water partition coefficient (Wildman–Crippen LogP) is 9.23. The Kier molecular flexibility index (Phi) is 11.3. The zero-order chi connectivity index (χ0) is 42.4. The number of fused-ring (bicyclic) bond motifs is 2. The van der Waals surface area contributed by atoms with Gasteiger partial charge in [-0.1, -0.05) is 18.1 Å². The number of amides is 1. The molecule has 3 aliphatic heterocycles. The van der Waals surface area contributed by atoms with Crippen molar-refractivity contribution in [1.82, 2.24) is 24.6 Å². The standard InChI is InChI=1S/C48H55FN6O6/c1-7-30-11-13-31(14-12-30)28-59-44-42(41-29(2)38(49)25-39-37(41)26-50-55(39)40-10-8-9-21-58-40)35(32-15-16-32)24-36-43(44)51-46(60-34-18-22-57-23-19-34)52-45(36)53(6)33-17-20-54(27-33)47(56)61-48(3,4)5/h1,11-14,24-26,32-34,40H,8-10,15-23,27-28H2,2-6H3/t33-,40?/m0/s1. The molecule has 5 heterocycles. The van der Waals surface area contributed by atoms with Gasteiger partial charge in [0, 0.05) is 79.2 Å². The first kappa shape index (κ1) is 40.9. The molecule has 12 nitrogen and oxygen atoms in total. The monoisotopic (exact) mass is 830 g/mol. The van der Waals surface area contributed by atoms with E-state index in [1.807, 2.05) is 69.9 Å². The zero-order valence-electron chi connectivity index (χ0n) is 35.8. The van der Waals surface area contributed by atoms with E-state index in [4.69, 9.17) is 45.2 Å². The molecule has 0 spiro atoms. The fraction of sp³-hybridized carbons (Fsp3) is 0.500. The Labute approximate surface area is 356 Å². The normalized spacial score (nSPS) is 19.9. The van der Waals surface area contributed by atoms with Gasteiger partial charge in [-0.25, -0.2) is 13.9 Å². The van der Waals surface area contributed by atoms with Gasteiger partial charge in [-0.3, -0.25) is 0 Å². The third kappa shape index (κ3) is 8.45. The zero-order valence-corrected chi connectivity index (χ0v) is 35.8. The molecule has 5 aromatic rings. The highest BCUT2D eigenvalue weighted by Crippen LogP contribution is 2.53. The molecule has 2 aromatic heterocycles. The van der Waals surface area contributed by atoms with Crippen LogP contribution in [-0.2, 0) is 20.8 Å². The Morgan fingerprint density at radius 2 is 1.79 bits per heavy atom. The molecule has 9 rings (SSSR count). The highest BCUT2D eigenvalue weighted by molar-refractivity contribution is 6.06. The van der Waals surface area contributed by atoms with Gasteiger partial charge in [-0.15, -0.1) is 6.42 Å². The molecule has 320 valence electrons. The largest absolute Gasteiger partial charge is 0.486 e. The molecule has 3 saturated heterocycles. The Bertz CT molecular complexity index is 2480. The second-order valence-corrected chi connectivity index (χ2v) is 17.9. The topological polar surface area (TPSA) is 113 Å². The number of carbonyl (C=O) groups is 1. The van der Waals surface area contributed by atoms with Gasteiger partial charge in [0.25, 0.3) is 0 Å². The number of anilines is 1. The summed E-state index contributed by atoms with van der Waals surface area (Å²) in [5, 5.41) is 6.45. The Morgan fingerprint density at radius 1 is 1.00 bits per heavy atom. The number of carbonyl (C=O) groups excluding carboxylic acids is 1. The van der Waals surface area contributed by atoms with Crippen LogP contribution in [0.1, 0.15) is 107 Å². The summed E-state index contributed by atoms with van der Waals surface area (Å²) < 4.78 is 49.7. The predicted molar refractivity (Wildman–Crippen MR) is 232 cm³/mol. The highest BCUT2D eigenvalue weighted by Gasteiger charge is 2.37. The van der Waals surface area contributed by atoms with Crippen LogP contribution in [-0.4, -0.2) is 88.4 Å². The molecular formula is C48H55FN6O6. The lowest BCUT2D eigenvalue weighted by Gasteiger charge is -2.30. The number of rotatable bonds is 10. The molecule has 1 amide bonds. The summed E-state index contributed by atoms with van der Waals surface area (Å²) in [5.74, 6) is 3.76. The van der Waals surface area contributed by atoms with Crippen molar-refractivity contribution in [3.05, 3.63) is 70.7 Å². The minimum Gasteiger partial charge on any atom is -0.486 e. The van der Waals surface area contributed by atoms with E-state index in [1.165, 1.54) is 0 Å². The lowest BCUT2D eigenvalue weighted by molar-refractivity contribution is -0.0366. The molecule has 0 bridgehead atoms. The molecule has 1 aliphatic carbocycles. The first-order valence-electron chi connectivity index (χ1n) is 21.8. The fourth-order valence-electron chi connectivity index (χ4n) is 8.90. The molecule has 0 N–H and O–H groups in total. The van der Waals surface area contributed by atoms with E-state index in [0.717, 1.165) is 77.1 Å². The van der Waals surface area contributed by atoms with Gasteiger partial charge in [-0.2, -0.15) is 15.1 Å². The van der Waals surface area contributed by atoms with E-state index in [2.05, 4.69) is 16.9 Å². The van der Waals surface area contributed by atoms with Gasteiger partial charge < -0.3 is 33.5 Å². The number of aromatic nitrogens is 4. The summed E-state index contributed by atoms with van der Waals surface area (Å²) in [6, 6.07) is 11.7. The van der Waals surface area contributed by atoms with Crippen molar-refractivity contribution < 1.29 is 32.9 Å². The van der Waals surface area contributed by atoms with Crippen LogP contribution in [0.3, 0.4) is 0 Å². The molecule has 0 radical (unpaired) electrons. The summed E-state index contributed by atoms with van der Waals surface area (Å²) in [7, 11) is 2.02. The van der Waals surface area contributed by atoms with Crippen molar-refractivity contribution in [3.63, 3.8) is 0 Å². The SMILES string of the molecule is C#Cc1ccc(COc2c(-c3c(C)c(F)cc4c3cnn4C3CCCCO3)c(C3CC3)cc3c(N(C)[C@H]4CCN(C(=O)OC(C)(C)C)C4)nc(OC4CCOCC4)nc23)cc1. The first-order valence-corrected chi connectivity index (χ1v) is 21.8. The molecule has 13 heteroatoms. The number of ether oxygens (including phenoxy) is 5. The molecule has 4 aliphatic rings. The van der Waals surface area contributed by atoms with Gasteiger partial charge in [-0.05, 0) is 107 Å². The number of halogens is 1. The number of likely N-dealkylation sites (N-methyl/N-ethyl adjacent to an activating group) is 1. The first-order chi connectivity index (χ1) is 29.5. The van der Waals surface area contributed by atoms with E-state index in [1.54, 1.807) is 11.0 Å². The van der Waals surface area contributed by atoms with Crippen LogP contribution in [0.4, 0.5) is 15.0 Å². The molecule has 1 unspecified atom stereocenters. The Balaban J connectivity index is 1.25. The van der Waals surface area contributed by atoms with Crippen LogP contribution in [0, 0.1) is 25.1 Å². The number of hydrogen-bond donors (Lipinski definition) is 0. The van der Waals surface area contributed by atoms with Crippen molar-refractivity contribution in [2.75, 3.05) is 44.9 Å². The summed E-state index contributed by atoms with van der Waals surface area (Å²) in [4.78, 5) is 27.5. The summed E-state index contributed by atoms with van der Waals surface area (Å²) in [6.45, 7) is 10.5. The summed E-state index contributed by atoms with van der Waals surface area (Å²) in [6.07, 6.45) is 13.7. The molecule has 4 fully saturated rings. The van der Waals surface area contributed by atoms with E-state index >= 15 is 4.39 Å². The van der Waals surface area contributed by atoms with E-state index < -0.39 is 5.60 Å². The van der Waals surface area contributed by atoms with Crippen molar-refractivity contribution in [1.29, 1.82) is 0 Å². The van der Waals surface area contributed by atoms with Gasteiger partial charge in [0.1, 0.15) is 35.5 Å². The maximum atomic E-state index is 16.5. The van der Waals surface area contributed by atoms with Crippen LogP contribution in [0.5, 0.6) is 11.8 Å². The number of likely N-dealkylation sites (tertiary alicyclic amines) is 1. The Hall–Kier alpha value is -5.45. The van der Waals surface area contributed by atoms with E-state index in [0.29, 0.717) is 73.9 Å². The lowest BCUT2D eigenvalue weighted by atomic mass is 9.88. The van der Waals surface area contributed by atoms with E-state index in [9.17, 15) is 4.79 Å². The molecule has 2 atom stereocenters. The van der Waals surface area contributed by atoms with Crippen LogP contribution >= 0.6 is 0 Å². The van der Waals surface area contributed by atoms with Crippen molar-refractivity contribution >= 4 is 33.7 Å². The van der Waals surface area contributed by atoms with Crippen molar-refractivity contribution in [3.8, 4) is 35.2 Å². The second kappa shape index (κ2) is 16.8. The van der Waals surface area contributed by atoms with Crippen molar-refractivity contribution in [2.24, 2.45) is 0 Å². The van der Waals surface area contributed by atoms with E-state index in [-0.39, 0.29) is 48.8 Å². The summed E-state index contributed by atoms with van der Waals surface area (Å²) in [5.41, 5.74) is 5.37. The van der Waals surface area contributed by atoms with Crippen LogP contribution in [0.25, 0.3) is 32.9 Å². The van der Waals surface area contributed by atoms with Gasteiger partial charge in [0.05, 0.1) is 24.9 Å². The van der Waals surface area contributed by atoms with Gasteiger partial charge in [0.2, 0.25) is 0 Å². The van der Waals surface area contributed by atoms with Crippen LogP contribution in [0.2, 0.25) is 0 Å². The van der Waals surface area contributed by atoms with Crippen molar-refractivity contribution in [2.45, 2.75) is 116 Å². The number of hydrogen-bond acceptors (Lipinski definition) is 10. The van der Waals surface area contributed by atoms with Crippen LogP contribution < -0.4 is 14.4 Å². The maximum absolute atomic E-state index is 16.5. The summed E-state index contributed by atoms with van der Waals surface area (Å²) >= 11 is 0. The molecular weight excluding hydrogens is 776 g/mol. The molecule has 3 aromatic carbocycles. The number of nitrogens with zero attached hydrogens (tertiary/aromatic N) is 6. The molecule has 61 heavy (non-hydrogen) atoms. The fourth-order valence-corrected chi connectivity index (χ4v) is 8.90. The quantitative estimate of drug-likeness (QED) is 0.126. The second-order valence-electron chi connectivity index (χ2n) is 17.9. The minimum absolute atomic E-state index is 0.0671. The lowest BCUT2D eigenvalue weighted by Crippen LogP contribution is -2.39. The number of benzene rings is 3. The third-order valence-electron chi connectivity index (χ3n) is 12.4. The van der Waals surface area contributed by atoms with Gasteiger partial charge >= 0.3 is 12.1 Å². The highest BCUT2D eigenvalue weighted by atomic mass is 19.1. The average Bonchev–Trinajstić information content (AvgIpc) is 3.83. The molecule has 1 saturated carbocycles.